The maximum atomic E-state index is 12.5. The summed E-state index contributed by atoms with van der Waals surface area (Å²) in [4.78, 5) is 0. The van der Waals surface area contributed by atoms with E-state index in [1.807, 2.05) is 0 Å². The van der Waals surface area contributed by atoms with Crippen molar-refractivity contribution < 1.29 is 4.39 Å². The van der Waals surface area contributed by atoms with Crippen LogP contribution in [-0.2, 0) is 6.54 Å². The van der Waals surface area contributed by atoms with Crippen molar-refractivity contribution in [2.75, 3.05) is 5.32 Å². The molecule has 11 heavy (non-hydrogen) atoms. The Balaban J connectivity index is 2.41. The van der Waals surface area contributed by atoms with E-state index in [0.29, 0.717) is 12.4 Å². The third-order valence-corrected chi connectivity index (χ3v) is 1.68. The summed E-state index contributed by atoms with van der Waals surface area (Å²) in [6.07, 6.45) is 0.814. The predicted octanol–water partition coefficient (Wildman–Crippen LogP) is 1.35. The van der Waals surface area contributed by atoms with Gasteiger partial charge in [0, 0.05) is 24.7 Å². The van der Waals surface area contributed by atoms with Crippen molar-refractivity contribution in [1.29, 1.82) is 0 Å². The van der Waals surface area contributed by atoms with Gasteiger partial charge in [0.1, 0.15) is 5.82 Å². The van der Waals surface area contributed by atoms with Gasteiger partial charge in [-0.15, -0.1) is 5.10 Å². The molecule has 58 valence electrons. The van der Waals surface area contributed by atoms with Gasteiger partial charge in [0.05, 0.1) is 0 Å². The second-order valence-electron chi connectivity index (χ2n) is 2.55. The average Bonchev–Trinajstić information content (AvgIpc) is 2.27. The van der Waals surface area contributed by atoms with Crippen LogP contribution in [-0.4, -0.2) is 9.78 Å². The van der Waals surface area contributed by atoms with Crippen molar-refractivity contribution in [3.8, 4) is 0 Å². The maximum Gasteiger partial charge on any atom is 0.234 e. The van der Waals surface area contributed by atoms with Gasteiger partial charge in [-0.05, 0) is 0 Å². The van der Waals surface area contributed by atoms with Gasteiger partial charge in [-0.2, -0.15) is 4.39 Å². The fraction of sp³-hybridized carbons (Fsp3) is 0.286. The number of hydrogen-bond donors (Lipinski definition) is 1. The molecular weight excluding hydrogens is 145 g/mol. The molecule has 0 radical (unpaired) electrons. The minimum atomic E-state index is -0.442. The molecule has 1 aliphatic heterocycles. The smallest absolute Gasteiger partial charge is 0.234 e. The summed E-state index contributed by atoms with van der Waals surface area (Å²) in [6.45, 7) is 4.46. The molecule has 0 saturated heterocycles. The molecule has 3 nitrogen and oxygen atoms in total. The lowest BCUT2D eigenvalue weighted by molar-refractivity contribution is 0.517. The lowest BCUT2D eigenvalue weighted by atomic mass is 10.3. The zero-order chi connectivity index (χ0) is 7.84. The molecule has 0 amide bonds. The fourth-order valence-electron chi connectivity index (χ4n) is 1.14. The van der Waals surface area contributed by atoms with Gasteiger partial charge in [-0.1, -0.05) is 6.58 Å². The van der Waals surface area contributed by atoms with E-state index in [0.717, 1.165) is 12.1 Å². The highest BCUT2D eigenvalue weighted by molar-refractivity contribution is 5.42. The molecule has 0 aliphatic carbocycles. The fourth-order valence-corrected chi connectivity index (χ4v) is 1.14. The molecule has 0 aromatic carbocycles. The topological polar surface area (TPSA) is 29.9 Å². The summed E-state index contributed by atoms with van der Waals surface area (Å²) in [5, 5.41) is 6.58. The Kier molecular flexibility index (Phi) is 1.21. The van der Waals surface area contributed by atoms with Crippen LogP contribution >= 0.6 is 0 Å². The van der Waals surface area contributed by atoms with Gasteiger partial charge in [0.2, 0.25) is 5.95 Å². The van der Waals surface area contributed by atoms with E-state index in [2.05, 4.69) is 17.0 Å². The van der Waals surface area contributed by atoms with E-state index in [4.69, 9.17) is 0 Å². The highest BCUT2D eigenvalue weighted by atomic mass is 19.1. The molecule has 0 atom stereocenters. The van der Waals surface area contributed by atoms with Gasteiger partial charge in [0.25, 0.3) is 0 Å². The van der Waals surface area contributed by atoms with E-state index in [9.17, 15) is 4.39 Å². The molecule has 0 spiro atoms. The SMILES string of the molecule is C=C1CCn2nc(F)cc2N1. The Bertz CT molecular complexity index is 303. The van der Waals surface area contributed by atoms with E-state index >= 15 is 0 Å². The van der Waals surface area contributed by atoms with Gasteiger partial charge in [0.15, 0.2) is 0 Å². The zero-order valence-electron chi connectivity index (χ0n) is 5.97. The summed E-state index contributed by atoms with van der Waals surface area (Å²) < 4.78 is 14.1. The second kappa shape index (κ2) is 2.08. The second-order valence-corrected chi connectivity index (χ2v) is 2.55. The Labute approximate surface area is 63.5 Å². The minimum absolute atomic E-state index is 0.442. The number of aryl methyl sites for hydroxylation is 1. The third kappa shape index (κ3) is 1.00. The summed E-state index contributed by atoms with van der Waals surface area (Å²) >= 11 is 0. The van der Waals surface area contributed by atoms with Crippen molar-refractivity contribution in [3.05, 3.63) is 24.3 Å². The molecule has 0 bridgehead atoms. The lowest BCUT2D eigenvalue weighted by Crippen LogP contribution is -2.15. The van der Waals surface area contributed by atoms with Crippen molar-refractivity contribution in [2.24, 2.45) is 0 Å². The van der Waals surface area contributed by atoms with Crippen LogP contribution in [0.2, 0.25) is 0 Å². The number of nitrogens with zero attached hydrogens (tertiary/aromatic N) is 2. The molecule has 2 rings (SSSR count). The molecule has 0 fully saturated rings. The monoisotopic (exact) mass is 153 g/mol. The maximum absolute atomic E-state index is 12.5. The first-order valence-corrected chi connectivity index (χ1v) is 3.44. The number of fused-ring (bicyclic) bond motifs is 1. The summed E-state index contributed by atoms with van der Waals surface area (Å²) in [6, 6.07) is 1.37. The highest BCUT2D eigenvalue weighted by Crippen LogP contribution is 2.18. The van der Waals surface area contributed by atoms with Crippen LogP contribution in [0.15, 0.2) is 18.3 Å². The molecule has 1 aromatic heterocycles. The Morgan fingerprint density at radius 2 is 2.55 bits per heavy atom. The van der Waals surface area contributed by atoms with Crippen LogP contribution < -0.4 is 5.32 Å². The quantitative estimate of drug-likeness (QED) is 0.609. The molecule has 4 heteroatoms. The average molecular weight is 153 g/mol. The largest absolute Gasteiger partial charge is 0.344 e. The number of anilines is 1. The number of rotatable bonds is 0. The molecular formula is C7H8FN3. The number of allylic oxidation sites excluding steroid dienone is 1. The zero-order valence-corrected chi connectivity index (χ0v) is 5.97. The van der Waals surface area contributed by atoms with Crippen molar-refractivity contribution in [3.63, 3.8) is 0 Å². The molecule has 1 aromatic rings. The Hall–Kier alpha value is -1.32. The van der Waals surface area contributed by atoms with E-state index < -0.39 is 5.95 Å². The van der Waals surface area contributed by atoms with Crippen LogP contribution in [0, 0.1) is 5.95 Å². The van der Waals surface area contributed by atoms with E-state index in [1.54, 1.807) is 4.68 Å². The van der Waals surface area contributed by atoms with Crippen molar-refractivity contribution in [1.82, 2.24) is 9.78 Å². The first-order valence-electron chi connectivity index (χ1n) is 3.44. The molecule has 1 N–H and O–H groups in total. The van der Waals surface area contributed by atoms with Crippen molar-refractivity contribution in [2.45, 2.75) is 13.0 Å². The molecule has 1 aliphatic rings. The van der Waals surface area contributed by atoms with Crippen LogP contribution in [0.3, 0.4) is 0 Å². The highest BCUT2D eigenvalue weighted by Gasteiger charge is 2.12. The number of aromatic nitrogens is 2. The summed E-state index contributed by atoms with van der Waals surface area (Å²) in [7, 11) is 0. The third-order valence-electron chi connectivity index (χ3n) is 1.68. The van der Waals surface area contributed by atoms with E-state index in [1.165, 1.54) is 6.07 Å². The molecule has 2 heterocycles. The van der Waals surface area contributed by atoms with Gasteiger partial charge in [-0.25, -0.2) is 4.68 Å². The normalized spacial score (nSPS) is 15.9. The number of halogens is 1. The van der Waals surface area contributed by atoms with Gasteiger partial charge >= 0.3 is 0 Å². The van der Waals surface area contributed by atoms with Crippen LogP contribution in [0.1, 0.15) is 6.42 Å². The predicted molar refractivity (Wildman–Crippen MR) is 39.6 cm³/mol. The number of hydrogen-bond acceptors (Lipinski definition) is 2. The number of nitrogens with one attached hydrogen (secondary N) is 1. The van der Waals surface area contributed by atoms with Crippen molar-refractivity contribution >= 4 is 5.82 Å². The first-order chi connectivity index (χ1) is 5.25. The van der Waals surface area contributed by atoms with Crippen LogP contribution in [0.4, 0.5) is 10.2 Å². The molecule has 0 saturated carbocycles. The van der Waals surface area contributed by atoms with Gasteiger partial charge < -0.3 is 5.32 Å². The lowest BCUT2D eigenvalue weighted by Gasteiger charge is -2.16. The molecule has 0 unspecified atom stereocenters. The van der Waals surface area contributed by atoms with Gasteiger partial charge in [-0.3, -0.25) is 0 Å². The Morgan fingerprint density at radius 3 is 3.36 bits per heavy atom. The van der Waals surface area contributed by atoms with Crippen LogP contribution in [0.5, 0.6) is 0 Å². The summed E-state index contributed by atoms with van der Waals surface area (Å²) in [5.41, 5.74) is 0.914. The summed E-state index contributed by atoms with van der Waals surface area (Å²) in [5.74, 6) is 0.251. The standard InChI is InChI=1S/C7H8FN3/c1-5-2-3-11-7(9-5)4-6(8)10-11/h4,9H,1-3H2. The minimum Gasteiger partial charge on any atom is -0.344 e. The Morgan fingerprint density at radius 1 is 1.73 bits per heavy atom. The first kappa shape index (κ1) is 6.39. The van der Waals surface area contributed by atoms with E-state index in [-0.39, 0.29) is 0 Å². The van der Waals surface area contributed by atoms with Crippen LogP contribution in [0.25, 0.3) is 0 Å².